The summed E-state index contributed by atoms with van der Waals surface area (Å²) in [4.78, 5) is 14.6. The molecule has 1 atom stereocenters. The molecule has 1 aromatic carbocycles. The molecule has 0 saturated heterocycles. The number of nitrogens with one attached hydrogen (secondary N) is 1. The predicted octanol–water partition coefficient (Wildman–Crippen LogP) is 2.44. The summed E-state index contributed by atoms with van der Waals surface area (Å²) < 4.78 is 5.12. The molecule has 0 spiro atoms. The van der Waals surface area contributed by atoms with Crippen molar-refractivity contribution in [2.75, 3.05) is 32.1 Å². The minimum Gasteiger partial charge on any atom is -0.468 e. The van der Waals surface area contributed by atoms with Gasteiger partial charge in [0.25, 0.3) is 0 Å². The van der Waals surface area contributed by atoms with Crippen LogP contribution in [-0.4, -0.2) is 38.8 Å². The molecule has 0 bridgehead atoms. The molecular formula is C17H26N2O2. The predicted molar refractivity (Wildman–Crippen MR) is 85.5 cm³/mol. The molecular weight excluding hydrogens is 264 g/mol. The standard InChI is InChI=1S/C17H26N2O2/c1-4-12-18-17(14-10-11-14,16(20)21-3)13-19(2)15-8-6-5-7-9-15/h5-9,14,18H,4,10-13H2,1-3H3. The van der Waals surface area contributed by atoms with Crippen molar-refractivity contribution in [2.24, 2.45) is 5.92 Å². The molecule has 21 heavy (non-hydrogen) atoms. The van der Waals surface area contributed by atoms with E-state index in [-0.39, 0.29) is 5.97 Å². The van der Waals surface area contributed by atoms with Crippen LogP contribution in [0, 0.1) is 5.92 Å². The fraction of sp³-hybridized carbons (Fsp3) is 0.588. The van der Waals surface area contributed by atoms with Gasteiger partial charge in [-0.15, -0.1) is 0 Å². The molecule has 1 N–H and O–H groups in total. The lowest BCUT2D eigenvalue weighted by Gasteiger charge is -2.36. The highest BCUT2D eigenvalue weighted by atomic mass is 16.5. The smallest absolute Gasteiger partial charge is 0.328 e. The molecule has 4 heteroatoms. The summed E-state index contributed by atoms with van der Waals surface area (Å²) in [6, 6.07) is 10.2. The lowest BCUT2D eigenvalue weighted by Crippen LogP contribution is -2.61. The maximum absolute atomic E-state index is 12.5. The van der Waals surface area contributed by atoms with Crippen molar-refractivity contribution in [3.8, 4) is 0 Å². The van der Waals surface area contributed by atoms with Crippen LogP contribution in [0.2, 0.25) is 0 Å². The molecule has 0 heterocycles. The number of anilines is 1. The third-order valence-corrected chi connectivity index (χ3v) is 4.20. The largest absolute Gasteiger partial charge is 0.468 e. The summed E-state index contributed by atoms with van der Waals surface area (Å²) in [5.74, 6) is 0.240. The zero-order valence-electron chi connectivity index (χ0n) is 13.3. The van der Waals surface area contributed by atoms with Crippen molar-refractivity contribution in [2.45, 2.75) is 31.7 Å². The molecule has 1 aliphatic carbocycles. The van der Waals surface area contributed by atoms with E-state index in [0.29, 0.717) is 12.5 Å². The van der Waals surface area contributed by atoms with Crippen LogP contribution in [0.1, 0.15) is 26.2 Å². The Hall–Kier alpha value is -1.55. The van der Waals surface area contributed by atoms with Crippen molar-refractivity contribution in [1.82, 2.24) is 5.32 Å². The lowest BCUT2D eigenvalue weighted by molar-refractivity contribution is -0.149. The monoisotopic (exact) mass is 290 g/mol. The Morgan fingerprint density at radius 2 is 2.05 bits per heavy atom. The third kappa shape index (κ3) is 3.56. The average Bonchev–Trinajstić information content (AvgIpc) is 3.36. The van der Waals surface area contributed by atoms with Crippen LogP contribution in [0.15, 0.2) is 30.3 Å². The van der Waals surface area contributed by atoms with Crippen molar-refractivity contribution >= 4 is 11.7 Å². The van der Waals surface area contributed by atoms with Crippen LogP contribution in [0.5, 0.6) is 0 Å². The van der Waals surface area contributed by atoms with Gasteiger partial charge >= 0.3 is 5.97 Å². The van der Waals surface area contributed by atoms with Gasteiger partial charge in [0.2, 0.25) is 0 Å². The van der Waals surface area contributed by atoms with Gasteiger partial charge < -0.3 is 15.0 Å². The molecule has 116 valence electrons. The van der Waals surface area contributed by atoms with Crippen LogP contribution >= 0.6 is 0 Å². The first-order valence-electron chi connectivity index (χ1n) is 7.73. The first kappa shape index (κ1) is 15.8. The normalized spacial score (nSPS) is 17.1. The second kappa shape index (κ2) is 6.94. The van der Waals surface area contributed by atoms with Gasteiger partial charge in [-0.3, -0.25) is 0 Å². The number of carbonyl (C=O) groups is 1. The molecule has 1 saturated carbocycles. The third-order valence-electron chi connectivity index (χ3n) is 4.20. The maximum atomic E-state index is 12.5. The van der Waals surface area contributed by atoms with E-state index in [1.165, 1.54) is 7.11 Å². The summed E-state index contributed by atoms with van der Waals surface area (Å²) in [7, 11) is 3.51. The second-order valence-corrected chi connectivity index (χ2v) is 5.86. The number of hydrogen-bond acceptors (Lipinski definition) is 4. The van der Waals surface area contributed by atoms with Crippen LogP contribution in [0.25, 0.3) is 0 Å². The number of esters is 1. The number of hydrogen-bond donors (Lipinski definition) is 1. The quantitative estimate of drug-likeness (QED) is 0.747. The number of likely N-dealkylation sites (N-methyl/N-ethyl adjacent to an activating group) is 1. The Bertz CT molecular complexity index is 459. The first-order valence-corrected chi connectivity index (χ1v) is 7.73. The highest BCUT2D eigenvalue weighted by Gasteiger charge is 2.52. The summed E-state index contributed by atoms with van der Waals surface area (Å²) in [6.07, 6.45) is 3.18. The minimum atomic E-state index is -0.588. The molecule has 1 aromatic rings. The van der Waals surface area contributed by atoms with Crippen molar-refractivity contribution < 1.29 is 9.53 Å². The van der Waals surface area contributed by atoms with Crippen LogP contribution in [-0.2, 0) is 9.53 Å². The van der Waals surface area contributed by atoms with Gasteiger partial charge in [0.1, 0.15) is 5.54 Å². The Morgan fingerprint density at radius 3 is 2.57 bits per heavy atom. The zero-order valence-corrected chi connectivity index (χ0v) is 13.3. The van der Waals surface area contributed by atoms with Gasteiger partial charge in [-0.25, -0.2) is 4.79 Å². The van der Waals surface area contributed by atoms with Crippen molar-refractivity contribution in [1.29, 1.82) is 0 Å². The molecule has 0 aromatic heterocycles. The molecule has 4 nitrogen and oxygen atoms in total. The fourth-order valence-corrected chi connectivity index (χ4v) is 2.89. The number of methoxy groups -OCH3 is 1. The summed E-state index contributed by atoms with van der Waals surface area (Å²) in [6.45, 7) is 3.57. The van der Waals surface area contributed by atoms with Crippen molar-refractivity contribution in [3.63, 3.8) is 0 Å². The van der Waals surface area contributed by atoms with Gasteiger partial charge in [0, 0.05) is 19.3 Å². The fourth-order valence-electron chi connectivity index (χ4n) is 2.89. The Balaban J connectivity index is 2.20. The SMILES string of the molecule is CCCNC(CN(C)c1ccccc1)(C(=O)OC)C1CC1. The second-order valence-electron chi connectivity index (χ2n) is 5.86. The van der Waals surface area contributed by atoms with Crippen LogP contribution in [0.3, 0.4) is 0 Å². The topological polar surface area (TPSA) is 41.6 Å². The Morgan fingerprint density at radius 1 is 1.38 bits per heavy atom. The van der Waals surface area contributed by atoms with E-state index in [0.717, 1.165) is 31.5 Å². The summed E-state index contributed by atoms with van der Waals surface area (Å²) >= 11 is 0. The van der Waals surface area contributed by atoms with Gasteiger partial charge in [-0.05, 0) is 43.9 Å². The molecule has 0 amide bonds. The number of benzene rings is 1. The number of carbonyl (C=O) groups excluding carboxylic acids is 1. The Kier molecular flexibility index (Phi) is 5.23. The van der Waals surface area contributed by atoms with Gasteiger partial charge in [-0.1, -0.05) is 25.1 Å². The van der Waals surface area contributed by atoms with Crippen LogP contribution in [0.4, 0.5) is 5.69 Å². The number of rotatable bonds is 8. The number of para-hydroxylation sites is 1. The van der Waals surface area contributed by atoms with Gasteiger partial charge in [-0.2, -0.15) is 0 Å². The number of nitrogens with zero attached hydrogens (tertiary/aromatic N) is 1. The number of ether oxygens (including phenoxy) is 1. The molecule has 0 radical (unpaired) electrons. The Labute approximate surface area is 127 Å². The average molecular weight is 290 g/mol. The lowest BCUT2D eigenvalue weighted by atomic mass is 9.91. The maximum Gasteiger partial charge on any atom is 0.328 e. The molecule has 1 aliphatic rings. The van der Waals surface area contributed by atoms with E-state index in [4.69, 9.17) is 4.74 Å². The van der Waals surface area contributed by atoms with Crippen molar-refractivity contribution in [3.05, 3.63) is 30.3 Å². The summed E-state index contributed by atoms with van der Waals surface area (Å²) in [5, 5.41) is 3.48. The molecule has 0 aliphatic heterocycles. The van der Waals surface area contributed by atoms with E-state index in [1.807, 2.05) is 25.2 Å². The van der Waals surface area contributed by atoms with E-state index < -0.39 is 5.54 Å². The van der Waals surface area contributed by atoms with Gasteiger partial charge in [0.15, 0.2) is 0 Å². The molecule has 1 unspecified atom stereocenters. The van der Waals surface area contributed by atoms with E-state index in [1.54, 1.807) is 0 Å². The minimum absolute atomic E-state index is 0.138. The highest BCUT2D eigenvalue weighted by molar-refractivity contribution is 5.83. The molecule has 1 fully saturated rings. The summed E-state index contributed by atoms with van der Waals surface area (Å²) in [5.41, 5.74) is 0.528. The zero-order chi connectivity index (χ0) is 15.3. The van der Waals surface area contributed by atoms with E-state index in [9.17, 15) is 4.79 Å². The highest BCUT2D eigenvalue weighted by Crippen LogP contribution is 2.41. The van der Waals surface area contributed by atoms with E-state index >= 15 is 0 Å². The van der Waals surface area contributed by atoms with E-state index in [2.05, 4.69) is 29.3 Å². The van der Waals surface area contributed by atoms with Crippen LogP contribution < -0.4 is 10.2 Å². The van der Waals surface area contributed by atoms with Gasteiger partial charge in [0.05, 0.1) is 7.11 Å². The first-order chi connectivity index (χ1) is 10.1. The molecule has 2 rings (SSSR count).